The van der Waals surface area contributed by atoms with E-state index in [9.17, 15) is 4.39 Å². The lowest BCUT2D eigenvalue weighted by molar-refractivity contribution is 0.628. The second-order valence-corrected chi connectivity index (χ2v) is 4.76. The van der Waals surface area contributed by atoms with Crippen molar-refractivity contribution in [3.8, 4) is 17.2 Å². The zero-order chi connectivity index (χ0) is 12.5. The van der Waals surface area contributed by atoms with Crippen molar-refractivity contribution < 1.29 is 4.39 Å². The lowest BCUT2D eigenvalue weighted by Gasteiger charge is -2.02. The molecule has 86 valence electrons. The average Bonchev–Trinajstić information content (AvgIpc) is 2.85. The fraction of sp³-hybridized carbons (Fsp3) is 0. The quantitative estimate of drug-likeness (QED) is 0.658. The Morgan fingerprint density at radius 2 is 2.00 bits per heavy atom. The summed E-state index contributed by atoms with van der Waals surface area (Å²) in [6, 6.07) is 12.1. The maximum Gasteiger partial charge on any atom is 0.125 e. The first-order chi connectivity index (χ1) is 8.76. The molecule has 0 aliphatic carbocycles. The summed E-state index contributed by atoms with van der Waals surface area (Å²) in [5.41, 5.74) is 4.64. The molecule has 0 radical (unpaired) electrons. The molecule has 0 aliphatic heterocycles. The molecule has 0 atom stereocenters. The summed E-state index contributed by atoms with van der Waals surface area (Å²) in [5, 5.41) is 8.85. The van der Waals surface area contributed by atoms with Crippen LogP contribution in [0.4, 0.5) is 4.39 Å². The van der Waals surface area contributed by atoms with Crippen molar-refractivity contribution in [2.75, 3.05) is 0 Å². The van der Waals surface area contributed by atoms with E-state index in [2.05, 4.69) is 4.98 Å². The maximum atomic E-state index is 13.4. The largest absolute Gasteiger partial charge is 0.245 e. The Morgan fingerprint density at radius 1 is 1.11 bits per heavy atom. The Morgan fingerprint density at radius 3 is 2.83 bits per heavy atom. The lowest BCUT2D eigenvalue weighted by Crippen LogP contribution is -1.84. The molecule has 4 heteroatoms. The summed E-state index contributed by atoms with van der Waals surface area (Å²) in [5.74, 6) is -0.395. The van der Waals surface area contributed by atoms with Crippen molar-refractivity contribution in [1.82, 2.24) is 4.98 Å². The molecule has 0 bridgehead atoms. The Kier molecular flexibility index (Phi) is 2.54. The number of hydrogen-bond acceptors (Lipinski definition) is 3. The van der Waals surface area contributed by atoms with Crippen LogP contribution in [0.1, 0.15) is 5.56 Å². The average molecular weight is 254 g/mol. The molecule has 2 aromatic carbocycles. The molecule has 0 amide bonds. The molecule has 1 aromatic heterocycles. The summed E-state index contributed by atoms with van der Waals surface area (Å²) in [7, 11) is 0. The van der Waals surface area contributed by atoms with Crippen LogP contribution in [0.2, 0.25) is 0 Å². The summed E-state index contributed by atoms with van der Waals surface area (Å²) in [6.45, 7) is 0. The van der Waals surface area contributed by atoms with Crippen LogP contribution in [0.5, 0.6) is 0 Å². The van der Waals surface area contributed by atoms with E-state index in [-0.39, 0.29) is 0 Å². The second kappa shape index (κ2) is 4.21. The van der Waals surface area contributed by atoms with E-state index < -0.39 is 5.82 Å². The fourth-order valence-electron chi connectivity index (χ4n) is 1.86. The monoisotopic (exact) mass is 254 g/mol. The number of thiazole rings is 1. The summed E-state index contributed by atoms with van der Waals surface area (Å²) >= 11 is 1.54. The number of rotatable bonds is 1. The first-order valence-electron chi connectivity index (χ1n) is 5.30. The second-order valence-electron chi connectivity index (χ2n) is 3.88. The predicted molar refractivity (Wildman–Crippen MR) is 69.7 cm³/mol. The van der Waals surface area contributed by atoms with Crippen LogP contribution in [-0.2, 0) is 0 Å². The Hall–Kier alpha value is -2.25. The molecule has 0 fully saturated rings. The minimum Gasteiger partial charge on any atom is -0.245 e. The minimum atomic E-state index is -0.395. The third kappa shape index (κ3) is 1.85. The summed E-state index contributed by atoms with van der Waals surface area (Å²) in [6.07, 6.45) is 0. The van der Waals surface area contributed by atoms with Gasteiger partial charge in [-0.25, -0.2) is 9.37 Å². The van der Waals surface area contributed by atoms with E-state index in [4.69, 9.17) is 5.26 Å². The molecule has 0 saturated heterocycles. The SMILES string of the molecule is N#Cc1cc(F)cc(-c2ccc3ncsc3c2)c1. The van der Waals surface area contributed by atoms with Crippen molar-refractivity contribution in [3.05, 3.63) is 53.3 Å². The van der Waals surface area contributed by atoms with Crippen molar-refractivity contribution in [1.29, 1.82) is 5.26 Å². The Bertz CT molecular complexity index is 771. The van der Waals surface area contributed by atoms with Crippen LogP contribution in [0, 0.1) is 17.1 Å². The number of fused-ring (bicyclic) bond motifs is 1. The molecule has 0 unspecified atom stereocenters. The van der Waals surface area contributed by atoms with Crippen molar-refractivity contribution in [2.45, 2.75) is 0 Å². The lowest BCUT2D eigenvalue weighted by atomic mass is 10.0. The van der Waals surface area contributed by atoms with Crippen LogP contribution >= 0.6 is 11.3 Å². The molecule has 0 N–H and O–H groups in total. The molecular formula is C14H7FN2S. The molecule has 1 heterocycles. The predicted octanol–water partition coefficient (Wildman–Crippen LogP) is 3.97. The zero-order valence-electron chi connectivity index (χ0n) is 9.22. The zero-order valence-corrected chi connectivity index (χ0v) is 10.0. The first kappa shape index (κ1) is 10.9. The number of nitriles is 1. The fourth-order valence-corrected chi connectivity index (χ4v) is 2.57. The van der Waals surface area contributed by atoms with Gasteiger partial charge in [0.2, 0.25) is 0 Å². The van der Waals surface area contributed by atoms with Gasteiger partial charge < -0.3 is 0 Å². The third-order valence-corrected chi connectivity index (χ3v) is 3.48. The number of benzene rings is 2. The highest BCUT2D eigenvalue weighted by molar-refractivity contribution is 7.16. The summed E-state index contributed by atoms with van der Waals surface area (Å²) < 4.78 is 14.4. The maximum absolute atomic E-state index is 13.4. The number of nitrogens with zero attached hydrogens (tertiary/aromatic N) is 2. The highest BCUT2D eigenvalue weighted by Crippen LogP contribution is 2.27. The molecular weight excluding hydrogens is 247 g/mol. The van der Waals surface area contributed by atoms with E-state index in [0.717, 1.165) is 15.8 Å². The standard InChI is InChI=1S/C14H7FN2S/c15-12-4-9(7-16)3-11(5-12)10-1-2-13-14(6-10)18-8-17-13/h1-6,8H. The van der Waals surface area contributed by atoms with Gasteiger partial charge in [-0.15, -0.1) is 11.3 Å². The van der Waals surface area contributed by atoms with Gasteiger partial charge in [-0.05, 0) is 41.5 Å². The normalized spacial score (nSPS) is 10.4. The Labute approximate surface area is 107 Å². The smallest absolute Gasteiger partial charge is 0.125 e. The van der Waals surface area contributed by atoms with Gasteiger partial charge in [0.1, 0.15) is 5.82 Å². The van der Waals surface area contributed by atoms with Gasteiger partial charge in [0.05, 0.1) is 27.4 Å². The number of hydrogen-bond donors (Lipinski definition) is 0. The van der Waals surface area contributed by atoms with Crippen LogP contribution in [0.3, 0.4) is 0 Å². The van der Waals surface area contributed by atoms with Gasteiger partial charge in [0.15, 0.2) is 0 Å². The van der Waals surface area contributed by atoms with Gasteiger partial charge in [0.25, 0.3) is 0 Å². The van der Waals surface area contributed by atoms with Gasteiger partial charge in [-0.2, -0.15) is 5.26 Å². The van der Waals surface area contributed by atoms with Crippen molar-refractivity contribution in [3.63, 3.8) is 0 Å². The first-order valence-corrected chi connectivity index (χ1v) is 6.18. The van der Waals surface area contributed by atoms with Crippen LogP contribution in [0.15, 0.2) is 41.9 Å². The molecule has 0 spiro atoms. The topological polar surface area (TPSA) is 36.7 Å². The van der Waals surface area contributed by atoms with Gasteiger partial charge in [0, 0.05) is 0 Å². The van der Waals surface area contributed by atoms with Gasteiger partial charge in [-0.1, -0.05) is 6.07 Å². The van der Waals surface area contributed by atoms with E-state index in [1.165, 1.54) is 12.1 Å². The number of aromatic nitrogens is 1. The van der Waals surface area contributed by atoms with E-state index in [1.807, 2.05) is 24.3 Å². The molecule has 0 saturated carbocycles. The number of halogens is 1. The highest BCUT2D eigenvalue weighted by Gasteiger charge is 2.05. The molecule has 3 rings (SSSR count). The van der Waals surface area contributed by atoms with Gasteiger partial charge in [-0.3, -0.25) is 0 Å². The van der Waals surface area contributed by atoms with Gasteiger partial charge >= 0.3 is 0 Å². The molecule has 3 aromatic rings. The third-order valence-electron chi connectivity index (χ3n) is 2.69. The van der Waals surface area contributed by atoms with Crippen LogP contribution in [0.25, 0.3) is 21.3 Å². The van der Waals surface area contributed by atoms with Crippen LogP contribution < -0.4 is 0 Å². The minimum absolute atomic E-state index is 0.328. The van der Waals surface area contributed by atoms with Crippen LogP contribution in [-0.4, -0.2) is 4.98 Å². The van der Waals surface area contributed by atoms with E-state index >= 15 is 0 Å². The molecule has 2 nitrogen and oxygen atoms in total. The Balaban J connectivity index is 2.19. The molecule has 18 heavy (non-hydrogen) atoms. The van der Waals surface area contributed by atoms with E-state index in [1.54, 1.807) is 22.9 Å². The van der Waals surface area contributed by atoms with E-state index in [0.29, 0.717) is 11.1 Å². The highest BCUT2D eigenvalue weighted by atomic mass is 32.1. The summed E-state index contributed by atoms with van der Waals surface area (Å²) in [4.78, 5) is 4.20. The molecule has 0 aliphatic rings. The van der Waals surface area contributed by atoms with Crippen molar-refractivity contribution >= 4 is 21.6 Å². The van der Waals surface area contributed by atoms with Crippen molar-refractivity contribution in [2.24, 2.45) is 0 Å².